The molecule has 3 aromatic heterocycles. The molecular weight excluding hydrogens is 342 g/mol. The van der Waals surface area contributed by atoms with Gasteiger partial charge < -0.3 is 9.42 Å². The number of aromatic nitrogens is 4. The van der Waals surface area contributed by atoms with Crippen LogP contribution < -0.4 is 0 Å². The molecule has 0 N–H and O–H groups in total. The SMILES string of the molecule is Cc1ncc(-c2ccncc2)c([C@@H]2CCCN2C(=O)c2c(C)noc2C)n1. The molecule has 0 aromatic carbocycles. The molecule has 0 unspecified atom stereocenters. The summed E-state index contributed by atoms with van der Waals surface area (Å²) in [6.07, 6.45) is 7.13. The summed E-state index contributed by atoms with van der Waals surface area (Å²) >= 11 is 0. The highest BCUT2D eigenvalue weighted by molar-refractivity contribution is 5.96. The zero-order chi connectivity index (χ0) is 19.0. The van der Waals surface area contributed by atoms with Crippen LogP contribution in [0.15, 0.2) is 35.2 Å². The van der Waals surface area contributed by atoms with Gasteiger partial charge in [-0.05, 0) is 51.3 Å². The molecular formula is C20H21N5O2. The van der Waals surface area contributed by atoms with Crippen molar-refractivity contribution in [2.75, 3.05) is 6.54 Å². The second kappa shape index (κ2) is 6.90. The van der Waals surface area contributed by atoms with Crippen molar-refractivity contribution in [2.45, 2.75) is 39.7 Å². The van der Waals surface area contributed by atoms with Crippen LogP contribution in [0.5, 0.6) is 0 Å². The molecule has 4 rings (SSSR count). The fraction of sp³-hybridized carbons (Fsp3) is 0.350. The van der Waals surface area contributed by atoms with Crippen LogP contribution in [-0.2, 0) is 0 Å². The van der Waals surface area contributed by atoms with E-state index in [9.17, 15) is 4.79 Å². The van der Waals surface area contributed by atoms with E-state index in [0.717, 1.165) is 29.7 Å². The highest BCUT2D eigenvalue weighted by atomic mass is 16.5. The van der Waals surface area contributed by atoms with E-state index in [4.69, 9.17) is 9.51 Å². The molecule has 4 heterocycles. The highest BCUT2D eigenvalue weighted by Crippen LogP contribution is 2.37. The quantitative estimate of drug-likeness (QED) is 0.709. The number of likely N-dealkylation sites (tertiary alicyclic amines) is 1. The van der Waals surface area contributed by atoms with Gasteiger partial charge in [0, 0.05) is 30.7 Å². The highest BCUT2D eigenvalue weighted by Gasteiger charge is 2.35. The summed E-state index contributed by atoms with van der Waals surface area (Å²) in [5, 5.41) is 3.93. The Morgan fingerprint density at radius 1 is 1.22 bits per heavy atom. The Kier molecular flexibility index (Phi) is 4.43. The van der Waals surface area contributed by atoms with Gasteiger partial charge in [-0.3, -0.25) is 9.78 Å². The Morgan fingerprint density at radius 2 is 2.00 bits per heavy atom. The fourth-order valence-corrected chi connectivity index (χ4v) is 3.72. The molecule has 1 atom stereocenters. The van der Waals surface area contributed by atoms with Crippen LogP contribution in [0.1, 0.15) is 52.2 Å². The second-order valence-corrected chi connectivity index (χ2v) is 6.81. The lowest BCUT2D eigenvalue weighted by Crippen LogP contribution is -2.32. The number of hydrogen-bond acceptors (Lipinski definition) is 6. The topological polar surface area (TPSA) is 85.0 Å². The third-order valence-electron chi connectivity index (χ3n) is 5.01. The molecule has 1 aliphatic rings. The van der Waals surface area contributed by atoms with Crippen LogP contribution >= 0.6 is 0 Å². The standard InChI is InChI=1S/C20H21N5O2/c1-12-18(13(2)27-24-12)20(26)25-10-4-5-17(25)19-16(11-22-14(3)23-19)15-6-8-21-9-7-15/h6-9,11,17H,4-5,10H2,1-3H3/t17-/m0/s1. The van der Waals surface area contributed by atoms with Crippen LogP contribution in [0.4, 0.5) is 0 Å². The van der Waals surface area contributed by atoms with Crippen molar-refractivity contribution in [3.63, 3.8) is 0 Å². The van der Waals surface area contributed by atoms with Crippen molar-refractivity contribution in [2.24, 2.45) is 0 Å². The van der Waals surface area contributed by atoms with Gasteiger partial charge in [0.2, 0.25) is 0 Å². The van der Waals surface area contributed by atoms with E-state index in [2.05, 4.69) is 15.1 Å². The number of carbonyl (C=O) groups excluding carboxylic acids is 1. The lowest BCUT2D eigenvalue weighted by Gasteiger charge is -2.26. The molecule has 0 spiro atoms. The number of rotatable bonds is 3. The minimum Gasteiger partial charge on any atom is -0.361 e. The zero-order valence-corrected chi connectivity index (χ0v) is 15.6. The van der Waals surface area contributed by atoms with Gasteiger partial charge in [0.15, 0.2) is 0 Å². The number of aryl methyl sites for hydroxylation is 3. The molecule has 27 heavy (non-hydrogen) atoms. The molecule has 1 fully saturated rings. The average molecular weight is 363 g/mol. The molecule has 0 aliphatic carbocycles. The average Bonchev–Trinajstić information content (AvgIpc) is 3.29. The van der Waals surface area contributed by atoms with Gasteiger partial charge in [0.05, 0.1) is 17.4 Å². The summed E-state index contributed by atoms with van der Waals surface area (Å²) in [6.45, 7) is 6.13. The molecule has 3 aromatic rings. The van der Waals surface area contributed by atoms with Gasteiger partial charge in [-0.15, -0.1) is 0 Å². The van der Waals surface area contributed by atoms with Gasteiger partial charge in [-0.1, -0.05) is 5.16 Å². The summed E-state index contributed by atoms with van der Waals surface area (Å²) in [6, 6.07) is 3.77. The molecule has 1 amide bonds. The molecule has 1 saturated heterocycles. The maximum Gasteiger partial charge on any atom is 0.259 e. The number of nitrogens with zero attached hydrogens (tertiary/aromatic N) is 5. The molecule has 138 valence electrons. The van der Waals surface area contributed by atoms with E-state index >= 15 is 0 Å². The lowest BCUT2D eigenvalue weighted by atomic mass is 10.00. The Labute approximate surface area is 157 Å². The van der Waals surface area contributed by atoms with Crippen molar-refractivity contribution in [1.82, 2.24) is 25.0 Å². The molecule has 0 radical (unpaired) electrons. The number of amides is 1. The molecule has 1 aliphatic heterocycles. The predicted octanol–water partition coefficient (Wildman–Crippen LogP) is 3.43. The summed E-state index contributed by atoms with van der Waals surface area (Å²) < 4.78 is 5.20. The van der Waals surface area contributed by atoms with Crippen LogP contribution in [0.3, 0.4) is 0 Å². The van der Waals surface area contributed by atoms with E-state index in [1.807, 2.05) is 30.2 Å². The van der Waals surface area contributed by atoms with Crippen LogP contribution in [0.25, 0.3) is 11.1 Å². The first kappa shape index (κ1) is 17.3. The van der Waals surface area contributed by atoms with Crippen molar-refractivity contribution < 1.29 is 9.32 Å². The van der Waals surface area contributed by atoms with E-state index in [1.165, 1.54) is 0 Å². The summed E-state index contributed by atoms with van der Waals surface area (Å²) in [4.78, 5) is 28.3. The summed E-state index contributed by atoms with van der Waals surface area (Å²) in [7, 11) is 0. The van der Waals surface area contributed by atoms with Gasteiger partial charge >= 0.3 is 0 Å². The smallest absolute Gasteiger partial charge is 0.259 e. The predicted molar refractivity (Wildman–Crippen MR) is 99.0 cm³/mol. The number of carbonyl (C=O) groups is 1. The van der Waals surface area contributed by atoms with Crippen LogP contribution in [-0.4, -0.2) is 37.5 Å². The first-order valence-electron chi connectivity index (χ1n) is 9.04. The maximum atomic E-state index is 13.2. The van der Waals surface area contributed by atoms with Gasteiger partial charge in [0.25, 0.3) is 5.91 Å². The van der Waals surface area contributed by atoms with Crippen molar-refractivity contribution in [1.29, 1.82) is 0 Å². The first-order chi connectivity index (χ1) is 13.1. The van der Waals surface area contributed by atoms with Gasteiger partial charge in [-0.25, -0.2) is 9.97 Å². The molecule has 7 heteroatoms. The van der Waals surface area contributed by atoms with E-state index < -0.39 is 0 Å². The lowest BCUT2D eigenvalue weighted by molar-refractivity contribution is 0.0730. The third-order valence-corrected chi connectivity index (χ3v) is 5.01. The molecule has 7 nitrogen and oxygen atoms in total. The normalized spacial score (nSPS) is 16.7. The fourth-order valence-electron chi connectivity index (χ4n) is 3.72. The maximum absolute atomic E-state index is 13.2. The number of hydrogen-bond donors (Lipinski definition) is 0. The minimum absolute atomic E-state index is 0.0503. The molecule has 0 saturated carbocycles. The summed E-state index contributed by atoms with van der Waals surface area (Å²) in [5.41, 5.74) is 3.99. The van der Waals surface area contributed by atoms with E-state index in [-0.39, 0.29) is 11.9 Å². The van der Waals surface area contributed by atoms with Crippen molar-refractivity contribution in [3.8, 4) is 11.1 Å². The molecule has 0 bridgehead atoms. The van der Waals surface area contributed by atoms with E-state index in [0.29, 0.717) is 29.4 Å². The van der Waals surface area contributed by atoms with Gasteiger partial charge in [-0.2, -0.15) is 0 Å². The zero-order valence-electron chi connectivity index (χ0n) is 15.6. The van der Waals surface area contributed by atoms with Crippen molar-refractivity contribution in [3.05, 3.63) is 59.3 Å². The third kappa shape index (κ3) is 3.09. The van der Waals surface area contributed by atoms with Crippen molar-refractivity contribution >= 4 is 5.91 Å². The van der Waals surface area contributed by atoms with E-state index in [1.54, 1.807) is 26.2 Å². The van der Waals surface area contributed by atoms with Gasteiger partial charge in [0.1, 0.15) is 17.1 Å². The Hall–Kier alpha value is -3.09. The summed E-state index contributed by atoms with van der Waals surface area (Å²) in [5.74, 6) is 1.20. The minimum atomic E-state index is -0.101. The number of pyridine rings is 1. The van der Waals surface area contributed by atoms with Crippen LogP contribution in [0.2, 0.25) is 0 Å². The Morgan fingerprint density at radius 3 is 2.70 bits per heavy atom. The van der Waals surface area contributed by atoms with Crippen LogP contribution in [0, 0.1) is 20.8 Å². The monoisotopic (exact) mass is 363 g/mol. The Balaban J connectivity index is 1.77. The Bertz CT molecular complexity index is 964. The largest absolute Gasteiger partial charge is 0.361 e. The second-order valence-electron chi connectivity index (χ2n) is 6.81. The first-order valence-corrected chi connectivity index (χ1v) is 9.04.